The van der Waals surface area contributed by atoms with Gasteiger partial charge < -0.3 is 5.73 Å². The SMILES string of the molecule is NCCN1CC2CCC1CC2. The second kappa shape index (κ2) is 3.11. The Kier molecular flexibility index (Phi) is 2.14. The van der Waals surface area contributed by atoms with E-state index in [9.17, 15) is 0 Å². The fourth-order valence-electron chi connectivity index (χ4n) is 2.61. The summed E-state index contributed by atoms with van der Waals surface area (Å²) in [7, 11) is 0. The Morgan fingerprint density at radius 1 is 1.18 bits per heavy atom. The third-order valence-corrected chi connectivity index (χ3v) is 3.24. The average Bonchev–Trinajstić information content (AvgIpc) is 2.07. The number of nitrogens with zero attached hydrogens (tertiary/aromatic N) is 1. The lowest BCUT2D eigenvalue weighted by Gasteiger charge is -2.45. The number of hydrogen-bond acceptors (Lipinski definition) is 2. The predicted octanol–water partition coefficient (Wildman–Crippen LogP) is 0.819. The molecule has 2 nitrogen and oxygen atoms in total. The highest BCUT2D eigenvalue weighted by molar-refractivity contribution is 4.87. The van der Waals surface area contributed by atoms with E-state index < -0.39 is 0 Å². The van der Waals surface area contributed by atoms with Gasteiger partial charge in [-0.15, -0.1) is 0 Å². The molecule has 2 N–H and O–H groups in total. The van der Waals surface area contributed by atoms with Gasteiger partial charge in [0.1, 0.15) is 0 Å². The van der Waals surface area contributed by atoms with Crippen LogP contribution in [0.25, 0.3) is 0 Å². The zero-order valence-corrected chi connectivity index (χ0v) is 7.13. The maximum absolute atomic E-state index is 5.55. The average molecular weight is 154 g/mol. The Bertz CT molecular complexity index is 128. The van der Waals surface area contributed by atoms with Crippen molar-refractivity contribution in [2.24, 2.45) is 11.7 Å². The van der Waals surface area contributed by atoms with Gasteiger partial charge in [0.05, 0.1) is 0 Å². The van der Waals surface area contributed by atoms with Gasteiger partial charge >= 0.3 is 0 Å². The molecule has 0 radical (unpaired) electrons. The smallest absolute Gasteiger partial charge is 0.0108 e. The molecule has 0 aromatic heterocycles. The van der Waals surface area contributed by atoms with Crippen molar-refractivity contribution in [1.29, 1.82) is 0 Å². The van der Waals surface area contributed by atoms with Crippen LogP contribution in [0.3, 0.4) is 0 Å². The molecule has 0 spiro atoms. The van der Waals surface area contributed by atoms with E-state index in [1.165, 1.54) is 32.2 Å². The topological polar surface area (TPSA) is 29.3 Å². The highest BCUT2D eigenvalue weighted by Gasteiger charge is 2.32. The van der Waals surface area contributed by atoms with Crippen LogP contribution in [0.4, 0.5) is 0 Å². The Balaban J connectivity index is 1.92. The number of nitrogens with two attached hydrogens (primary N) is 1. The molecule has 2 heterocycles. The predicted molar refractivity (Wildman–Crippen MR) is 46.4 cm³/mol. The van der Waals surface area contributed by atoms with Crippen molar-refractivity contribution in [2.45, 2.75) is 31.7 Å². The molecule has 64 valence electrons. The van der Waals surface area contributed by atoms with E-state index >= 15 is 0 Å². The number of fused-ring (bicyclic) bond motifs is 3. The monoisotopic (exact) mass is 154 g/mol. The summed E-state index contributed by atoms with van der Waals surface area (Å²) in [5.74, 6) is 1.01. The van der Waals surface area contributed by atoms with Crippen LogP contribution in [0.1, 0.15) is 25.7 Å². The first kappa shape index (κ1) is 7.56. The van der Waals surface area contributed by atoms with Gasteiger partial charge in [-0.1, -0.05) is 0 Å². The van der Waals surface area contributed by atoms with E-state index in [0.717, 1.165) is 25.0 Å². The first-order valence-corrected chi connectivity index (χ1v) is 4.84. The molecule has 2 bridgehead atoms. The van der Waals surface area contributed by atoms with Gasteiger partial charge in [-0.25, -0.2) is 0 Å². The quantitative estimate of drug-likeness (QED) is 0.638. The molecule has 0 aromatic carbocycles. The fraction of sp³-hybridized carbons (Fsp3) is 1.00. The normalized spacial score (nSPS) is 37.9. The molecule has 0 aromatic rings. The summed E-state index contributed by atoms with van der Waals surface area (Å²) in [6.07, 6.45) is 5.83. The minimum absolute atomic E-state index is 0.837. The van der Waals surface area contributed by atoms with Gasteiger partial charge in [0, 0.05) is 25.7 Å². The molecule has 0 amide bonds. The standard InChI is InChI=1S/C9H18N2/c10-5-6-11-7-8-1-3-9(11)4-2-8/h8-9H,1-7,10H2. The second-order valence-corrected chi connectivity index (χ2v) is 3.96. The zero-order chi connectivity index (χ0) is 7.68. The van der Waals surface area contributed by atoms with Crippen LogP contribution in [0.2, 0.25) is 0 Å². The summed E-state index contributed by atoms with van der Waals surface area (Å²) in [5, 5.41) is 0. The number of piperidine rings is 2. The molecule has 2 heteroatoms. The molecular formula is C9H18N2. The van der Waals surface area contributed by atoms with Crippen LogP contribution >= 0.6 is 0 Å². The summed E-state index contributed by atoms with van der Waals surface area (Å²) in [6.45, 7) is 3.30. The van der Waals surface area contributed by atoms with Crippen LogP contribution in [-0.4, -0.2) is 30.6 Å². The van der Waals surface area contributed by atoms with Crippen molar-refractivity contribution >= 4 is 0 Å². The van der Waals surface area contributed by atoms with E-state index in [0.29, 0.717) is 0 Å². The molecule has 0 unspecified atom stereocenters. The van der Waals surface area contributed by atoms with Crippen molar-refractivity contribution in [3.63, 3.8) is 0 Å². The van der Waals surface area contributed by atoms with Crippen LogP contribution in [0, 0.1) is 5.92 Å². The van der Waals surface area contributed by atoms with Gasteiger partial charge in [-0.3, -0.25) is 4.90 Å². The number of hydrogen-bond donors (Lipinski definition) is 1. The molecule has 1 aliphatic carbocycles. The Morgan fingerprint density at radius 3 is 2.36 bits per heavy atom. The highest BCUT2D eigenvalue weighted by atomic mass is 15.2. The van der Waals surface area contributed by atoms with Gasteiger partial charge in [-0.2, -0.15) is 0 Å². The molecular weight excluding hydrogens is 136 g/mol. The third kappa shape index (κ3) is 1.42. The molecule has 1 saturated carbocycles. The van der Waals surface area contributed by atoms with E-state index in [4.69, 9.17) is 5.73 Å². The summed E-state index contributed by atoms with van der Waals surface area (Å²) in [4.78, 5) is 2.59. The zero-order valence-electron chi connectivity index (χ0n) is 7.13. The molecule has 2 saturated heterocycles. The fourth-order valence-corrected chi connectivity index (χ4v) is 2.61. The van der Waals surface area contributed by atoms with Crippen molar-refractivity contribution < 1.29 is 0 Å². The molecule has 0 atom stereocenters. The lowest BCUT2D eigenvalue weighted by molar-refractivity contribution is 0.0519. The van der Waals surface area contributed by atoms with Crippen LogP contribution in [-0.2, 0) is 0 Å². The lowest BCUT2D eigenvalue weighted by atomic mass is 9.80. The molecule has 3 aliphatic rings. The van der Waals surface area contributed by atoms with E-state index in [-0.39, 0.29) is 0 Å². The van der Waals surface area contributed by atoms with E-state index in [1.54, 1.807) is 0 Å². The minimum atomic E-state index is 0.837. The molecule has 3 rings (SSSR count). The minimum Gasteiger partial charge on any atom is -0.329 e. The largest absolute Gasteiger partial charge is 0.329 e. The van der Waals surface area contributed by atoms with Crippen molar-refractivity contribution in [3.8, 4) is 0 Å². The second-order valence-electron chi connectivity index (χ2n) is 3.96. The van der Waals surface area contributed by atoms with Crippen molar-refractivity contribution in [1.82, 2.24) is 4.90 Å². The molecule has 2 aliphatic heterocycles. The highest BCUT2D eigenvalue weighted by Crippen LogP contribution is 2.34. The van der Waals surface area contributed by atoms with Gasteiger partial charge in [0.25, 0.3) is 0 Å². The lowest BCUT2D eigenvalue weighted by Crippen LogP contribution is -2.49. The van der Waals surface area contributed by atoms with Crippen molar-refractivity contribution in [2.75, 3.05) is 19.6 Å². The van der Waals surface area contributed by atoms with Gasteiger partial charge in [-0.05, 0) is 31.6 Å². The molecule has 3 fully saturated rings. The summed E-state index contributed by atoms with van der Waals surface area (Å²) >= 11 is 0. The first-order valence-electron chi connectivity index (χ1n) is 4.84. The molecule has 11 heavy (non-hydrogen) atoms. The first-order chi connectivity index (χ1) is 5.40. The van der Waals surface area contributed by atoms with E-state index in [1.807, 2.05) is 0 Å². The Hall–Kier alpha value is -0.0800. The summed E-state index contributed by atoms with van der Waals surface area (Å²) in [5.41, 5.74) is 5.55. The Morgan fingerprint density at radius 2 is 1.91 bits per heavy atom. The van der Waals surface area contributed by atoms with Crippen LogP contribution in [0.5, 0.6) is 0 Å². The maximum Gasteiger partial charge on any atom is 0.0108 e. The Labute approximate surface area is 68.7 Å². The van der Waals surface area contributed by atoms with Crippen molar-refractivity contribution in [3.05, 3.63) is 0 Å². The van der Waals surface area contributed by atoms with E-state index in [2.05, 4.69) is 4.90 Å². The summed E-state index contributed by atoms with van der Waals surface area (Å²) < 4.78 is 0. The maximum atomic E-state index is 5.55. The van der Waals surface area contributed by atoms with Crippen LogP contribution < -0.4 is 5.73 Å². The van der Waals surface area contributed by atoms with Gasteiger partial charge in [0.2, 0.25) is 0 Å². The van der Waals surface area contributed by atoms with Crippen LogP contribution in [0.15, 0.2) is 0 Å². The third-order valence-electron chi connectivity index (χ3n) is 3.24. The van der Waals surface area contributed by atoms with Gasteiger partial charge in [0.15, 0.2) is 0 Å². The number of rotatable bonds is 2. The summed E-state index contributed by atoms with van der Waals surface area (Å²) in [6, 6.07) is 0.892.